The number of hydrogen-bond donors (Lipinski definition) is 1. The zero-order chi connectivity index (χ0) is 20.0. The van der Waals surface area contributed by atoms with Crippen LogP contribution < -0.4 is 5.32 Å². The van der Waals surface area contributed by atoms with Crippen LogP contribution in [-0.4, -0.2) is 18.3 Å². The van der Waals surface area contributed by atoms with Crippen LogP contribution in [0.3, 0.4) is 0 Å². The predicted octanol–water partition coefficient (Wildman–Crippen LogP) is 7.18. The summed E-state index contributed by atoms with van der Waals surface area (Å²) in [6.07, 6.45) is 6.98. The molecule has 1 aliphatic carbocycles. The number of thioether (sulfide) groups is 1. The summed E-state index contributed by atoms with van der Waals surface area (Å²) in [5.74, 6) is 0.556. The average molecular weight is 432 g/mol. The van der Waals surface area contributed by atoms with Crippen molar-refractivity contribution >= 4 is 51.9 Å². The third-order valence-electron chi connectivity index (χ3n) is 5.12. The normalized spacial score (nSPS) is 16.2. The highest BCUT2D eigenvalue weighted by molar-refractivity contribution is 8.13. The molecule has 1 saturated carbocycles. The monoisotopic (exact) mass is 431 g/mol. The Hall–Kier alpha value is -0.910. The maximum atomic E-state index is 13.3. The minimum absolute atomic E-state index is 0.00737. The summed E-state index contributed by atoms with van der Waals surface area (Å²) in [7, 11) is 1.31. The van der Waals surface area contributed by atoms with E-state index >= 15 is 0 Å². The number of halogens is 2. The smallest absolute Gasteiger partial charge is 0.371 e. The van der Waals surface area contributed by atoms with Crippen LogP contribution in [0.4, 0.5) is 10.5 Å². The van der Waals surface area contributed by atoms with E-state index < -0.39 is 5.30 Å². The van der Waals surface area contributed by atoms with Gasteiger partial charge in [-0.25, -0.2) is 4.79 Å². The molecule has 0 bridgehead atoms. The van der Waals surface area contributed by atoms with E-state index in [1.54, 1.807) is 12.1 Å². The number of hydrogen-bond acceptors (Lipinski definition) is 4. The van der Waals surface area contributed by atoms with Crippen molar-refractivity contribution in [1.82, 2.24) is 0 Å². The molecule has 27 heavy (non-hydrogen) atoms. The molecule has 1 aromatic rings. The van der Waals surface area contributed by atoms with E-state index in [0.29, 0.717) is 26.5 Å². The van der Waals surface area contributed by atoms with Gasteiger partial charge < -0.3 is 10.1 Å². The van der Waals surface area contributed by atoms with Gasteiger partial charge in [-0.1, -0.05) is 56.3 Å². The molecule has 0 spiro atoms. The van der Waals surface area contributed by atoms with E-state index in [1.807, 2.05) is 0 Å². The van der Waals surface area contributed by atoms with Gasteiger partial charge in [0.15, 0.2) is 0 Å². The summed E-state index contributed by atoms with van der Waals surface area (Å²) in [5, 5.41) is 3.22. The lowest BCUT2D eigenvalue weighted by Gasteiger charge is -2.36. The lowest BCUT2D eigenvalue weighted by atomic mass is 9.69. The van der Waals surface area contributed by atoms with E-state index in [-0.39, 0.29) is 11.3 Å². The van der Waals surface area contributed by atoms with Crippen molar-refractivity contribution in [2.75, 3.05) is 12.4 Å². The topological polar surface area (TPSA) is 55.4 Å². The second-order valence-corrected chi connectivity index (χ2v) is 9.34. The Kier molecular flexibility index (Phi) is 8.32. The van der Waals surface area contributed by atoms with Crippen molar-refractivity contribution in [3.63, 3.8) is 0 Å². The number of rotatable bonds is 6. The van der Waals surface area contributed by atoms with Gasteiger partial charge >= 0.3 is 5.30 Å². The molecule has 1 aromatic carbocycles. The van der Waals surface area contributed by atoms with Gasteiger partial charge in [0.1, 0.15) is 0 Å². The largest absolute Gasteiger partial charge is 0.461 e. The summed E-state index contributed by atoms with van der Waals surface area (Å²) >= 11 is 13.1. The summed E-state index contributed by atoms with van der Waals surface area (Å²) in [5.41, 5.74) is 0.140. The van der Waals surface area contributed by atoms with Gasteiger partial charge in [-0.15, -0.1) is 0 Å². The van der Waals surface area contributed by atoms with Crippen LogP contribution >= 0.6 is 35.0 Å². The number of anilines is 1. The molecule has 0 saturated heterocycles. The predicted molar refractivity (Wildman–Crippen MR) is 113 cm³/mol. The highest BCUT2D eigenvalue weighted by Crippen LogP contribution is 2.43. The van der Waals surface area contributed by atoms with Gasteiger partial charge in [-0.05, 0) is 55.5 Å². The first kappa shape index (κ1) is 22.4. The Bertz CT molecular complexity index is 688. The number of benzene rings is 1. The van der Waals surface area contributed by atoms with Crippen LogP contribution in [0.25, 0.3) is 0 Å². The fourth-order valence-electron chi connectivity index (χ4n) is 3.48. The number of carbonyl (C=O) groups is 2. The summed E-state index contributed by atoms with van der Waals surface area (Å²) in [6, 6.07) is 3.19. The first-order chi connectivity index (χ1) is 12.8. The molecule has 7 heteroatoms. The van der Waals surface area contributed by atoms with Crippen molar-refractivity contribution in [3.05, 3.63) is 22.2 Å². The molecule has 1 amide bonds. The minimum Gasteiger partial charge on any atom is -0.461 e. The van der Waals surface area contributed by atoms with Gasteiger partial charge in [0.25, 0.3) is 0 Å². The Morgan fingerprint density at radius 1 is 1.19 bits per heavy atom. The highest BCUT2D eigenvalue weighted by Gasteiger charge is 2.39. The summed E-state index contributed by atoms with van der Waals surface area (Å²) in [6.45, 7) is 4.36. The molecule has 0 radical (unpaired) electrons. The van der Waals surface area contributed by atoms with E-state index in [1.165, 1.54) is 13.5 Å². The zero-order valence-corrected chi connectivity index (χ0v) is 18.4. The summed E-state index contributed by atoms with van der Waals surface area (Å²) < 4.78 is 4.72. The zero-order valence-electron chi connectivity index (χ0n) is 16.1. The molecule has 4 nitrogen and oxygen atoms in total. The lowest BCUT2D eigenvalue weighted by molar-refractivity contribution is -0.128. The van der Waals surface area contributed by atoms with Crippen molar-refractivity contribution in [2.45, 2.75) is 63.7 Å². The van der Waals surface area contributed by atoms with Crippen molar-refractivity contribution < 1.29 is 14.3 Å². The Labute approximate surface area is 175 Å². The van der Waals surface area contributed by atoms with Crippen molar-refractivity contribution in [2.24, 2.45) is 11.3 Å². The van der Waals surface area contributed by atoms with Gasteiger partial charge in [-0.2, -0.15) is 0 Å². The van der Waals surface area contributed by atoms with E-state index in [0.717, 1.165) is 50.3 Å². The highest BCUT2D eigenvalue weighted by atomic mass is 35.5. The van der Waals surface area contributed by atoms with Gasteiger partial charge in [0.05, 0.1) is 22.8 Å². The summed E-state index contributed by atoms with van der Waals surface area (Å²) in [4.78, 5) is 25.5. The maximum Gasteiger partial charge on any atom is 0.371 e. The number of ether oxygens (including phenoxy) is 1. The number of carbonyl (C=O) groups excluding carboxylic acids is 2. The second-order valence-electron chi connectivity index (χ2n) is 7.55. The van der Waals surface area contributed by atoms with Crippen LogP contribution in [0.15, 0.2) is 17.0 Å². The minimum atomic E-state index is -0.476. The fraction of sp³-hybridized carbons (Fsp3) is 0.600. The number of nitrogens with one attached hydrogen (secondary N) is 1. The first-order valence-electron chi connectivity index (χ1n) is 9.34. The van der Waals surface area contributed by atoms with Gasteiger partial charge in [-0.3, -0.25) is 4.79 Å². The third kappa shape index (κ3) is 6.03. The molecule has 1 fully saturated rings. The van der Waals surface area contributed by atoms with Gasteiger partial charge in [0, 0.05) is 10.3 Å². The van der Waals surface area contributed by atoms with Crippen LogP contribution in [0.5, 0.6) is 0 Å². The Balaban J connectivity index is 2.28. The molecule has 2 rings (SSSR count). The first-order valence-corrected chi connectivity index (χ1v) is 10.9. The van der Waals surface area contributed by atoms with Crippen LogP contribution in [-0.2, 0) is 9.53 Å². The molecule has 1 aliphatic rings. The van der Waals surface area contributed by atoms with E-state index in [2.05, 4.69) is 19.2 Å². The van der Waals surface area contributed by atoms with E-state index in [9.17, 15) is 9.59 Å². The van der Waals surface area contributed by atoms with Crippen LogP contribution in [0, 0.1) is 11.3 Å². The van der Waals surface area contributed by atoms with E-state index in [4.69, 9.17) is 27.9 Å². The molecule has 0 unspecified atom stereocenters. The Morgan fingerprint density at radius 2 is 1.81 bits per heavy atom. The second kappa shape index (κ2) is 10.0. The molecule has 0 atom stereocenters. The number of methoxy groups -OCH3 is 1. The molecular formula is C20H27Cl2NO3S. The molecular weight excluding hydrogens is 405 g/mol. The van der Waals surface area contributed by atoms with Crippen LogP contribution in [0.2, 0.25) is 10.0 Å². The lowest BCUT2D eigenvalue weighted by Crippen LogP contribution is -2.38. The van der Waals surface area contributed by atoms with Crippen molar-refractivity contribution in [1.29, 1.82) is 0 Å². The third-order valence-corrected chi connectivity index (χ3v) is 6.74. The SMILES string of the molecule is COC(=O)Sc1cc(Cl)c(Cl)cc1NC(=O)C1(CCC(C)C)CCCCC1. The van der Waals surface area contributed by atoms with Crippen molar-refractivity contribution in [3.8, 4) is 0 Å². The molecule has 150 valence electrons. The quantitative estimate of drug-likeness (QED) is 0.382. The fourth-order valence-corrected chi connectivity index (χ4v) is 4.53. The molecule has 1 N–H and O–H groups in total. The maximum absolute atomic E-state index is 13.3. The Morgan fingerprint density at radius 3 is 2.41 bits per heavy atom. The molecule has 0 aliphatic heterocycles. The number of amides is 1. The van der Waals surface area contributed by atoms with Gasteiger partial charge in [0.2, 0.25) is 5.91 Å². The molecule has 0 aromatic heterocycles. The average Bonchev–Trinajstić information content (AvgIpc) is 2.64. The van der Waals surface area contributed by atoms with Crippen LogP contribution in [0.1, 0.15) is 58.8 Å². The standard InChI is InChI=1S/C20H27Cl2NO3S/c1-13(2)7-10-20(8-5-4-6-9-20)18(24)23-16-11-14(21)15(22)12-17(16)27-19(25)26-3/h11-13H,4-10H2,1-3H3,(H,23,24). The molecule has 0 heterocycles.